The van der Waals surface area contributed by atoms with Crippen LogP contribution in [0.2, 0.25) is 0 Å². The Morgan fingerprint density at radius 2 is 1.94 bits per heavy atom. The van der Waals surface area contributed by atoms with Gasteiger partial charge in [0.1, 0.15) is 0 Å². The molecule has 2 aromatic rings. The van der Waals surface area contributed by atoms with E-state index in [2.05, 4.69) is 39.8 Å². The second-order valence-electron chi connectivity index (χ2n) is 4.42. The molecule has 1 aromatic carbocycles. The number of hydrogen-bond donors (Lipinski definition) is 1. The molecule has 2 N–H and O–H groups in total. The Morgan fingerprint density at radius 1 is 1.24 bits per heavy atom. The Morgan fingerprint density at radius 3 is 2.59 bits per heavy atom. The lowest BCUT2D eigenvalue weighted by atomic mass is 10.1. The highest BCUT2D eigenvalue weighted by atomic mass is 15.5. The van der Waals surface area contributed by atoms with E-state index in [9.17, 15) is 0 Å². The van der Waals surface area contributed by atoms with Crippen molar-refractivity contribution in [3.8, 4) is 0 Å². The smallest absolute Gasteiger partial charge is 0.155 e. The first-order valence-electron chi connectivity index (χ1n) is 5.91. The fourth-order valence-corrected chi connectivity index (χ4v) is 2.53. The summed E-state index contributed by atoms with van der Waals surface area (Å²) in [4.78, 5) is 0. The van der Waals surface area contributed by atoms with Gasteiger partial charge in [-0.2, -0.15) is 0 Å². The van der Waals surface area contributed by atoms with Crippen molar-refractivity contribution in [1.29, 1.82) is 0 Å². The summed E-state index contributed by atoms with van der Waals surface area (Å²) >= 11 is 0. The molecule has 5 heteroatoms. The van der Waals surface area contributed by atoms with Crippen LogP contribution < -0.4 is 5.73 Å². The van der Waals surface area contributed by atoms with E-state index in [1.807, 2.05) is 4.68 Å². The largest absolute Gasteiger partial charge is 0.329 e. The second-order valence-corrected chi connectivity index (χ2v) is 4.42. The van der Waals surface area contributed by atoms with Gasteiger partial charge in [-0.05, 0) is 34.4 Å². The molecule has 0 atom stereocenters. The number of rotatable bonds is 3. The van der Waals surface area contributed by atoms with Gasteiger partial charge in [-0.15, -0.1) is 5.10 Å². The van der Waals surface area contributed by atoms with Crippen molar-refractivity contribution in [1.82, 2.24) is 20.2 Å². The van der Waals surface area contributed by atoms with Crippen molar-refractivity contribution in [2.45, 2.75) is 25.3 Å². The summed E-state index contributed by atoms with van der Waals surface area (Å²) < 4.78 is 1.83. The summed E-state index contributed by atoms with van der Waals surface area (Å²) in [5.74, 6) is 1.36. The van der Waals surface area contributed by atoms with E-state index >= 15 is 0 Å². The molecule has 1 heterocycles. The van der Waals surface area contributed by atoms with E-state index in [-0.39, 0.29) is 0 Å². The molecule has 3 rings (SSSR count). The monoisotopic (exact) mass is 229 g/mol. The van der Waals surface area contributed by atoms with Gasteiger partial charge in [-0.1, -0.05) is 24.3 Å². The Balaban J connectivity index is 1.86. The average molecular weight is 229 g/mol. The third-order valence-corrected chi connectivity index (χ3v) is 3.32. The van der Waals surface area contributed by atoms with Gasteiger partial charge in [0.2, 0.25) is 0 Å². The molecule has 0 bridgehead atoms. The highest BCUT2D eigenvalue weighted by Crippen LogP contribution is 2.32. The quantitative estimate of drug-likeness (QED) is 0.832. The average Bonchev–Trinajstić information content (AvgIpc) is 2.94. The number of tetrazole rings is 1. The van der Waals surface area contributed by atoms with Crippen LogP contribution in [0.4, 0.5) is 0 Å². The topological polar surface area (TPSA) is 69.6 Å². The van der Waals surface area contributed by atoms with Crippen molar-refractivity contribution < 1.29 is 0 Å². The van der Waals surface area contributed by atoms with Crippen molar-refractivity contribution in [3.63, 3.8) is 0 Å². The zero-order chi connectivity index (χ0) is 11.7. The normalized spacial score (nSPS) is 15.1. The van der Waals surface area contributed by atoms with Crippen LogP contribution in [0.1, 0.15) is 22.9 Å². The van der Waals surface area contributed by atoms with E-state index in [1.54, 1.807) is 0 Å². The van der Waals surface area contributed by atoms with Gasteiger partial charge >= 0.3 is 0 Å². The fraction of sp³-hybridized carbons (Fsp3) is 0.417. The van der Waals surface area contributed by atoms with Gasteiger partial charge in [-0.3, -0.25) is 0 Å². The van der Waals surface area contributed by atoms with Gasteiger partial charge in [0, 0.05) is 12.5 Å². The summed E-state index contributed by atoms with van der Waals surface area (Å²) in [6.07, 6.45) is 2.06. The number of nitrogens with two attached hydrogens (primary N) is 1. The summed E-state index contributed by atoms with van der Waals surface area (Å²) in [5.41, 5.74) is 8.39. The van der Waals surface area contributed by atoms with Crippen LogP contribution in [-0.4, -0.2) is 26.8 Å². The third kappa shape index (κ3) is 1.82. The zero-order valence-electron chi connectivity index (χ0n) is 9.58. The summed E-state index contributed by atoms with van der Waals surface area (Å²) in [7, 11) is 0. The number of fused-ring (bicyclic) bond motifs is 1. The highest BCUT2D eigenvalue weighted by molar-refractivity contribution is 5.34. The molecule has 0 radical (unpaired) electrons. The predicted molar refractivity (Wildman–Crippen MR) is 63.5 cm³/mol. The van der Waals surface area contributed by atoms with Crippen molar-refractivity contribution in [2.24, 2.45) is 5.73 Å². The molecule has 0 saturated carbocycles. The van der Waals surface area contributed by atoms with Crippen molar-refractivity contribution in [3.05, 3.63) is 41.2 Å². The van der Waals surface area contributed by atoms with E-state index in [0.29, 0.717) is 19.0 Å². The number of benzene rings is 1. The van der Waals surface area contributed by atoms with E-state index in [1.165, 1.54) is 11.1 Å². The maximum atomic E-state index is 5.56. The van der Waals surface area contributed by atoms with E-state index in [4.69, 9.17) is 5.73 Å². The van der Waals surface area contributed by atoms with Gasteiger partial charge in [0.15, 0.2) is 5.82 Å². The predicted octanol–water partition coefficient (Wildman–Crippen LogP) is 0.514. The van der Waals surface area contributed by atoms with Crippen LogP contribution in [0.25, 0.3) is 0 Å². The molecular weight excluding hydrogens is 214 g/mol. The molecule has 0 fully saturated rings. The molecule has 0 spiro atoms. The SMILES string of the molecule is NCCn1nnnc1C1Cc2ccccc2C1. The first-order valence-corrected chi connectivity index (χ1v) is 5.91. The minimum atomic E-state index is 0.397. The molecule has 88 valence electrons. The molecule has 0 unspecified atom stereocenters. The van der Waals surface area contributed by atoms with Crippen LogP contribution in [0, 0.1) is 0 Å². The maximum Gasteiger partial charge on any atom is 0.155 e. The Kier molecular flexibility index (Phi) is 2.60. The van der Waals surface area contributed by atoms with E-state index in [0.717, 1.165) is 18.7 Å². The number of hydrogen-bond acceptors (Lipinski definition) is 4. The Labute approximate surface area is 99.6 Å². The first kappa shape index (κ1) is 10.4. The third-order valence-electron chi connectivity index (χ3n) is 3.32. The molecule has 17 heavy (non-hydrogen) atoms. The van der Waals surface area contributed by atoms with Crippen LogP contribution in [-0.2, 0) is 19.4 Å². The first-order chi connectivity index (χ1) is 8.38. The van der Waals surface area contributed by atoms with Gasteiger partial charge in [-0.25, -0.2) is 4.68 Å². The Hall–Kier alpha value is -1.75. The van der Waals surface area contributed by atoms with Gasteiger partial charge in [0.05, 0.1) is 6.54 Å². The lowest BCUT2D eigenvalue weighted by molar-refractivity contribution is 0.539. The molecule has 0 saturated heterocycles. The van der Waals surface area contributed by atoms with Gasteiger partial charge < -0.3 is 5.73 Å². The molecule has 0 aliphatic heterocycles. The number of nitrogens with zero attached hydrogens (tertiary/aromatic N) is 4. The fourth-order valence-electron chi connectivity index (χ4n) is 2.53. The standard InChI is InChI=1S/C12H15N5/c13-5-6-17-12(14-15-16-17)11-7-9-3-1-2-4-10(9)8-11/h1-4,11H,5-8,13H2. The molecule has 1 aromatic heterocycles. The molecule has 1 aliphatic carbocycles. The lowest BCUT2D eigenvalue weighted by Crippen LogP contribution is -2.16. The molecule has 0 amide bonds. The summed E-state index contributed by atoms with van der Waals surface area (Å²) in [5, 5.41) is 11.9. The van der Waals surface area contributed by atoms with Crippen LogP contribution in [0.15, 0.2) is 24.3 Å². The van der Waals surface area contributed by atoms with Gasteiger partial charge in [0.25, 0.3) is 0 Å². The molecular formula is C12H15N5. The van der Waals surface area contributed by atoms with Crippen LogP contribution in [0.5, 0.6) is 0 Å². The molecule has 5 nitrogen and oxygen atoms in total. The molecule has 1 aliphatic rings. The van der Waals surface area contributed by atoms with Crippen molar-refractivity contribution in [2.75, 3.05) is 6.54 Å². The van der Waals surface area contributed by atoms with Crippen molar-refractivity contribution >= 4 is 0 Å². The lowest BCUT2D eigenvalue weighted by Gasteiger charge is -2.08. The second kappa shape index (κ2) is 4.25. The number of aromatic nitrogens is 4. The minimum Gasteiger partial charge on any atom is -0.329 e. The van der Waals surface area contributed by atoms with Crippen LogP contribution >= 0.6 is 0 Å². The minimum absolute atomic E-state index is 0.397. The van der Waals surface area contributed by atoms with E-state index < -0.39 is 0 Å². The zero-order valence-corrected chi connectivity index (χ0v) is 9.58. The highest BCUT2D eigenvalue weighted by Gasteiger charge is 2.26. The summed E-state index contributed by atoms with van der Waals surface area (Å²) in [6.45, 7) is 1.26. The summed E-state index contributed by atoms with van der Waals surface area (Å²) in [6, 6.07) is 8.55. The van der Waals surface area contributed by atoms with Crippen LogP contribution in [0.3, 0.4) is 0 Å². The maximum absolute atomic E-state index is 5.56. The Bertz CT molecular complexity index is 494.